The molecule has 0 aromatic heterocycles. The van der Waals surface area contributed by atoms with E-state index < -0.39 is 7.92 Å². The number of hydrogen-bond acceptors (Lipinski definition) is 1. The summed E-state index contributed by atoms with van der Waals surface area (Å²) in [5, 5.41) is 4.40. The average molecular weight is 292 g/mol. The Kier molecular flexibility index (Phi) is 3.10. The van der Waals surface area contributed by atoms with Crippen LogP contribution in [-0.4, -0.2) is 0 Å². The van der Waals surface area contributed by atoms with Crippen LogP contribution in [0.1, 0.15) is 0 Å². The zero-order valence-electron chi connectivity index (χ0n) is 10.9. The Hall–Kier alpha value is -1.56. The average Bonchev–Trinajstić information content (AvgIpc) is 2.53. The molecule has 1 heterocycles. The van der Waals surface area contributed by atoms with Gasteiger partial charge in [-0.05, 0) is 36.0 Å². The molecule has 0 bridgehead atoms. The lowest BCUT2D eigenvalue weighted by molar-refractivity contribution is 1.45. The molecule has 20 heavy (non-hydrogen) atoms. The van der Waals surface area contributed by atoms with E-state index in [4.69, 9.17) is 0 Å². The van der Waals surface area contributed by atoms with E-state index in [0.29, 0.717) is 0 Å². The van der Waals surface area contributed by atoms with Gasteiger partial charge < -0.3 is 0 Å². The summed E-state index contributed by atoms with van der Waals surface area (Å²) in [6.45, 7) is 0. The predicted octanol–water partition coefficient (Wildman–Crippen LogP) is 3.91. The van der Waals surface area contributed by atoms with Crippen molar-refractivity contribution in [3.63, 3.8) is 0 Å². The van der Waals surface area contributed by atoms with Crippen molar-refractivity contribution >= 4 is 35.6 Å². The van der Waals surface area contributed by atoms with Crippen LogP contribution in [-0.2, 0) is 0 Å². The molecule has 1 aliphatic heterocycles. The molecule has 0 aliphatic carbocycles. The molecule has 0 amide bonds. The molecule has 96 valence electrons. The van der Waals surface area contributed by atoms with E-state index in [2.05, 4.69) is 78.9 Å². The zero-order chi connectivity index (χ0) is 13.4. The lowest BCUT2D eigenvalue weighted by Gasteiger charge is -2.28. The molecule has 3 aromatic rings. The molecule has 0 N–H and O–H groups in total. The van der Waals surface area contributed by atoms with Gasteiger partial charge in [-0.2, -0.15) is 0 Å². The Balaban J connectivity index is 1.98. The van der Waals surface area contributed by atoms with Crippen molar-refractivity contribution in [3.8, 4) is 0 Å². The highest BCUT2D eigenvalue weighted by atomic mass is 32.2. The van der Waals surface area contributed by atoms with E-state index in [-0.39, 0.29) is 0 Å². The van der Waals surface area contributed by atoms with Crippen molar-refractivity contribution in [3.05, 3.63) is 78.9 Å². The normalized spacial score (nSPS) is 13.6. The fourth-order valence-corrected chi connectivity index (χ4v) is 6.60. The van der Waals surface area contributed by atoms with Crippen molar-refractivity contribution < 1.29 is 0 Å². The highest BCUT2D eigenvalue weighted by Gasteiger charge is 2.26. The Labute approximate surface area is 124 Å². The lowest BCUT2D eigenvalue weighted by Crippen LogP contribution is -2.26. The topological polar surface area (TPSA) is 0 Å². The summed E-state index contributed by atoms with van der Waals surface area (Å²) in [6, 6.07) is 28.6. The van der Waals surface area contributed by atoms with Crippen LogP contribution in [0.2, 0.25) is 0 Å². The third-order valence-electron chi connectivity index (χ3n) is 3.45. The van der Waals surface area contributed by atoms with Crippen LogP contribution in [0.25, 0.3) is 0 Å². The van der Waals surface area contributed by atoms with Gasteiger partial charge in [0.25, 0.3) is 0 Å². The van der Waals surface area contributed by atoms with E-state index in [1.165, 1.54) is 25.7 Å². The zero-order valence-corrected chi connectivity index (χ0v) is 12.6. The largest absolute Gasteiger partial charge is 0.0887 e. The highest BCUT2D eigenvalue weighted by molar-refractivity contribution is 8.02. The predicted molar refractivity (Wildman–Crippen MR) is 89.3 cm³/mol. The van der Waals surface area contributed by atoms with Crippen LogP contribution in [0, 0.1) is 0 Å². The van der Waals surface area contributed by atoms with Gasteiger partial charge in [0.15, 0.2) is 0 Å². The van der Waals surface area contributed by atoms with Crippen LogP contribution >= 0.6 is 19.7 Å². The van der Waals surface area contributed by atoms with E-state index >= 15 is 0 Å². The summed E-state index contributed by atoms with van der Waals surface area (Å²) in [4.78, 5) is 2.81. The third-order valence-corrected chi connectivity index (χ3v) is 7.46. The van der Waals surface area contributed by atoms with Crippen LogP contribution < -0.4 is 15.9 Å². The molecule has 1 aliphatic rings. The van der Waals surface area contributed by atoms with Gasteiger partial charge in [0.1, 0.15) is 0 Å². The van der Waals surface area contributed by atoms with Gasteiger partial charge in [0, 0.05) is 9.79 Å². The van der Waals surface area contributed by atoms with E-state index in [1.807, 2.05) is 11.8 Å². The van der Waals surface area contributed by atoms with Gasteiger partial charge >= 0.3 is 0 Å². The third kappa shape index (κ3) is 1.98. The van der Waals surface area contributed by atoms with Crippen LogP contribution in [0.5, 0.6) is 0 Å². The molecule has 2 heteroatoms. The number of fused-ring (bicyclic) bond motifs is 2. The van der Waals surface area contributed by atoms with E-state index in [0.717, 1.165) is 0 Å². The molecule has 3 aromatic carbocycles. The van der Waals surface area contributed by atoms with Gasteiger partial charge in [-0.15, -0.1) is 0 Å². The van der Waals surface area contributed by atoms with Crippen LogP contribution in [0.3, 0.4) is 0 Å². The quantitative estimate of drug-likeness (QED) is 0.479. The first-order chi connectivity index (χ1) is 9.93. The summed E-state index contributed by atoms with van der Waals surface area (Å²) >= 11 is 1.90. The molecule has 0 spiro atoms. The minimum atomic E-state index is -0.419. The van der Waals surface area contributed by atoms with Gasteiger partial charge in [0.05, 0.1) is 0 Å². The minimum Gasteiger partial charge on any atom is -0.0887 e. The number of hydrogen-bond donors (Lipinski definition) is 0. The van der Waals surface area contributed by atoms with E-state index in [1.54, 1.807) is 0 Å². The summed E-state index contributed by atoms with van der Waals surface area (Å²) in [6.07, 6.45) is 0. The van der Waals surface area contributed by atoms with Crippen molar-refractivity contribution in [1.29, 1.82) is 0 Å². The van der Waals surface area contributed by atoms with Gasteiger partial charge in [0.2, 0.25) is 0 Å². The first kappa shape index (κ1) is 12.2. The SMILES string of the molecule is c1ccc(P2c3ccccc3Sc3ccccc32)cc1. The second-order valence-corrected chi connectivity index (χ2v) is 7.94. The fraction of sp³-hybridized carbons (Fsp3) is 0. The number of benzene rings is 3. The van der Waals surface area contributed by atoms with Gasteiger partial charge in [-0.1, -0.05) is 78.5 Å². The van der Waals surface area contributed by atoms with Crippen molar-refractivity contribution in [2.24, 2.45) is 0 Å². The van der Waals surface area contributed by atoms with Gasteiger partial charge in [-0.3, -0.25) is 0 Å². The summed E-state index contributed by atoms with van der Waals surface area (Å²) in [7, 11) is -0.419. The second-order valence-electron chi connectivity index (χ2n) is 4.71. The van der Waals surface area contributed by atoms with Crippen molar-refractivity contribution in [2.45, 2.75) is 9.79 Å². The molecule has 0 radical (unpaired) electrons. The Bertz CT molecular complexity index is 707. The molecular formula is C18H13PS. The van der Waals surface area contributed by atoms with Crippen LogP contribution in [0.15, 0.2) is 88.7 Å². The standard InChI is InChI=1S/C18H13PS/c1-2-8-14(9-3-1)19-15-10-4-6-12-17(15)20-18-13-7-5-11-16(18)19/h1-13H. The molecule has 0 fully saturated rings. The molecule has 0 nitrogen and oxygen atoms in total. The monoisotopic (exact) mass is 292 g/mol. The van der Waals surface area contributed by atoms with Gasteiger partial charge in [-0.25, -0.2) is 0 Å². The highest BCUT2D eigenvalue weighted by Crippen LogP contribution is 2.45. The molecule has 0 atom stereocenters. The maximum Gasteiger partial charge on any atom is 0.0206 e. The summed E-state index contributed by atoms with van der Waals surface area (Å²) < 4.78 is 0. The number of rotatable bonds is 1. The maximum absolute atomic E-state index is 2.29. The lowest BCUT2D eigenvalue weighted by atomic mass is 10.3. The second kappa shape index (κ2) is 5.09. The van der Waals surface area contributed by atoms with Crippen molar-refractivity contribution in [1.82, 2.24) is 0 Å². The van der Waals surface area contributed by atoms with Crippen LogP contribution in [0.4, 0.5) is 0 Å². The minimum absolute atomic E-state index is 0.419. The smallest absolute Gasteiger partial charge is 0.0206 e. The molecule has 0 saturated heterocycles. The Morgan fingerprint density at radius 2 is 1.05 bits per heavy atom. The molecule has 0 saturated carbocycles. The first-order valence-electron chi connectivity index (χ1n) is 6.64. The Morgan fingerprint density at radius 3 is 1.65 bits per heavy atom. The first-order valence-corrected chi connectivity index (χ1v) is 8.80. The van der Waals surface area contributed by atoms with E-state index in [9.17, 15) is 0 Å². The summed E-state index contributed by atoms with van der Waals surface area (Å²) in [5.74, 6) is 0. The van der Waals surface area contributed by atoms with Crippen molar-refractivity contribution in [2.75, 3.05) is 0 Å². The molecule has 4 rings (SSSR count). The Morgan fingerprint density at radius 1 is 0.550 bits per heavy atom. The fourth-order valence-electron chi connectivity index (χ4n) is 2.56. The maximum atomic E-state index is 2.29. The summed E-state index contributed by atoms with van der Waals surface area (Å²) in [5.41, 5.74) is 0. The molecular weight excluding hydrogens is 279 g/mol. The molecule has 0 unspecified atom stereocenters.